The lowest BCUT2D eigenvalue weighted by atomic mass is 9.87. The SMILES string of the molecule is Oc1ccc(CCN2CCC3(CCNC3)C2)cc1. The molecule has 3 rings (SSSR count). The zero-order valence-corrected chi connectivity index (χ0v) is 10.9. The minimum Gasteiger partial charge on any atom is -0.508 e. The minimum absolute atomic E-state index is 0.357. The highest BCUT2D eigenvalue weighted by molar-refractivity contribution is 5.26. The lowest BCUT2D eigenvalue weighted by molar-refractivity contribution is 0.277. The Kier molecular flexibility index (Phi) is 3.27. The zero-order chi connectivity index (χ0) is 12.4. The fourth-order valence-electron chi connectivity index (χ4n) is 3.31. The maximum absolute atomic E-state index is 9.26. The molecule has 2 N–H and O–H groups in total. The molecule has 1 spiro atoms. The summed E-state index contributed by atoms with van der Waals surface area (Å²) in [4.78, 5) is 2.60. The summed E-state index contributed by atoms with van der Waals surface area (Å²) in [5.74, 6) is 0.357. The molecular formula is C15H22N2O. The van der Waals surface area contributed by atoms with Crippen molar-refractivity contribution in [2.45, 2.75) is 19.3 Å². The van der Waals surface area contributed by atoms with Crippen molar-refractivity contribution in [3.05, 3.63) is 29.8 Å². The molecule has 1 atom stereocenters. The van der Waals surface area contributed by atoms with Crippen LogP contribution in [0.25, 0.3) is 0 Å². The smallest absolute Gasteiger partial charge is 0.115 e. The van der Waals surface area contributed by atoms with E-state index in [1.54, 1.807) is 12.1 Å². The molecule has 18 heavy (non-hydrogen) atoms. The molecule has 0 bridgehead atoms. The molecule has 2 aliphatic rings. The number of aromatic hydroxyl groups is 1. The number of benzene rings is 1. The standard InChI is InChI=1S/C15H22N2O/c18-14-3-1-13(2-4-14)5-9-17-10-7-15(12-17)6-8-16-11-15/h1-4,16,18H,5-12H2. The summed E-state index contributed by atoms with van der Waals surface area (Å²) in [5.41, 5.74) is 1.90. The summed E-state index contributed by atoms with van der Waals surface area (Å²) in [6, 6.07) is 7.61. The van der Waals surface area contributed by atoms with E-state index in [-0.39, 0.29) is 0 Å². The van der Waals surface area contributed by atoms with Crippen LogP contribution in [0.3, 0.4) is 0 Å². The van der Waals surface area contributed by atoms with Gasteiger partial charge in [-0.1, -0.05) is 12.1 Å². The van der Waals surface area contributed by atoms with Crippen molar-refractivity contribution in [2.75, 3.05) is 32.7 Å². The lowest BCUT2D eigenvalue weighted by Gasteiger charge is -2.22. The van der Waals surface area contributed by atoms with Gasteiger partial charge < -0.3 is 15.3 Å². The number of hydrogen-bond acceptors (Lipinski definition) is 3. The number of hydrogen-bond donors (Lipinski definition) is 2. The van der Waals surface area contributed by atoms with Gasteiger partial charge in [0.1, 0.15) is 5.75 Å². The van der Waals surface area contributed by atoms with E-state index >= 15 is 0 Å². The van der Waals surface area contributed by atoms with Crippen LogP contribution in [0.5, 0.6) is 5.75 Å². The molecule has 2 fully saturated rings. The van der Waals surface area contributed by atoms with E-state index in [2.05, 4.69) is 10.2 Å². The molecule has 0 radical (unpaired) electrons. The predicted octanol–water partition coefficient (Wildman–Crippen LogP) is 1.62. The molecule has 3 nitrogen and oxygen atoms in total. The van der Waals surface area contributed by atoms with Crippen LogP contribution in [0.1, 0.15) is 18.4 Å². The Morgan fingerprint density at radius 1 is 1.22 bits per heavy atom. The quantitative estimate of drug-likeness (QED) is 0.851. The molecule has 0 aliphatic carbocycles. The van der Waals surface area contributed by atoms with E-state index in [1.807, 2.05) is 12.1 Å². The molecule has 0 aromatic heterocycles. The van der Waals surface area contributed by atoms with Gasteiger partial charge in [0.2, 0.25) is 0 Å². The Balaban J connectivity index is 1.51. The number of rotatable bonds is 3. The van der Waals surface area contributed by atoms with Crippen LogP contribution >= 0.6 is 0 Å². The average Bonchev–Trinajstić information content (AvgIpc) is 3.00. The summed E-state index contributed by atoms with van der Waals surface area (Å²) >= 11 is 0. The number of nitrogens with zero attached hydrogens (tertiary/aromatic N) is 1. The molecular weight excluding hydrogens is 224 g/mol. The molecule has 1 aromatic carbocycles. The van der Waals surface area contributed by atoms with Crippen molar-refractivity contribution in [3.8, 4) is 5.75 Å². The molecule has 2 saturated heterocycles. The second-order valence-corrected chi connectivity index (χ2v) is 5.87. The van der Waals surface area contributed by atoms with Crippen LogP contribution in [-0.2, 0) is 6.42 Å². The van der Waals surface area contributed by atoms with Crippen LogP contribution < -0.4 is 5.32 Å². The van der Waals surface area contributed by atoms with Crippen LogP contribution in [0.2, 0.25) is 0 Å². The maximum Gasteiger partial charge on any atom is 0.115 e. The number of likely N-dealkylation sites (tertiary alicyclic amines) is 1. The van der Waals surface area contributed by atoms with Gasteiger partial charge in [0.15, 0.2) is 0 Å². The third-order valence-electron chi connectivity index (χ3n) is 4.50. The van der Waals surface area contributed by atoms with Gasteiger partial charge in [0.05, 0.1) is 0 Å². The van der Waals surface area contributed by atoms with Crippen LogP contribution in [0.15, 0.2) is 24.3 Å². The molecule has 0 saturated carbocycles. The van der Waals surface area contributed by atoms with Gasteiger partial charge in [0, 0.05) is 19.6 Å². The van der Waals surface area contributed by atoms with Crippen LogP contribution in [0.4, 0.5) is 0 Å². The van der Waals surface area contributed by atoms with Crippen LogP contribution in [-0.4, -0.2) is 42.7 Å². The van der Waals surface area contributed by atoms with Gasteiger partial charge >= 0.3 is 0 Å². The molecule has 98 valence electrons. The molecule has 2 heterocycles. The van der Waals surface area contributed by atoms with Crippen molar-refractivity contribution < 1.29 is 5.11 Å². The first-order valence-electron chi connectivity index (χ1n) is 6.97. The summed E-state index contributed by atoms with van der Waals surface area (Å²) in [6.45, 7) is 6.07. The summed E-state index contributed by atoms with van der Waals surface area (Å²) < 4.78 is 0. The Morgan fingerprint density at radius 3 is 2.78 bits per heavy atom. The highest BCUT2D eigenvalue weighted by Gasteiger charge is 2.39. The lowest BCUT2D eigenvalue weighted by Crippen LogP contribution is -2.30. The van der Waals surface area contributed by atoms with E-state index in [0.29, 0.717) is 11.2 Å². The van der Waals surface area contributed by atoms with Crippen molar-refractivity contribution in [3.63, 3.8) is 0 Å². The van der Waals surface area contributed by atoms with E-state index in [0.717, 1.165) is 13.0 Å². The molecule has 1 aromatic rings. The third kappa shape index (κ3) is 2.52. The van der Waals surface area contributed by atoms with E-state index < -0.39 is 0 Å². The van der Waals surface area contributed by atoms with Gasteiger partial charge in [-0.05, 0) is 55.5 Å². The van der Waals surface area contributed by atoms with Crippen LogP contribution in [0, 0.1) is 5.41 Å². The Hall–Kier alpha value is -1.06. The second-order valence-electron chi connectivity index (χ2n) is 5.87. The molecule has 0 amide bonds. The first kappa shape index (κ1) is 12.0. The third-order valence-corrected chi connectivity index (χ3v) is 4.50. The Morgan fingerprint density at radius 2 is 2.06 bits per heavy atom. The number of nitrogens with one attached hydrogen (secondary N) is 1. The fourth-order valence-corrected chi connectivity index (χ4v) is 3.31. The zero-order valence-electron chi connectivity index (χ0n) is 10.9. The minimum atomic E-state index is 0.357. The fraction of sp³-hybridized carbons (Fsp3) is 0.600. The van der Waals surface area contributed by atoms with Crippen molar-refractivity contribution in [1.82, 2.24) is 10.2 Å². The van der Waals surface area contributed by atoms with E-state index in [4.69, 9.17) is 0 Å². The van der Waals surface area contributed by atoms with Gasteiger partial charge in [-0.25, -0.2) is 0 Å². The Bertz CT molecular complexity index is 395. The first-order chi connectivity index (χ1) is 8.76. The molecule has 3 heteroatoms. The summed E-state index contributed by atoms with van der Waals surface area (Å²) in [6.07, 6.45) is 3.79. The number of phenols is 1. The largest absolute Gasteiger partial charge is 0.508 e. The van der Waals surface area contributed by atoms with Crippen molar-refractivity contribution >= 4 is 0 Å². The van der Waals surface area contributed by atoms with Crippen molar-refractivity contribution in [2.24, 2.45) is 5.41 Å². The van der Waals surface area contributed by atoms with Crippen molar-refractivity contribution in [1.29, 1.82) is 0 Å². The summed E-state index contributed by atoms with van der Waals surface area (Å²) in [7, 11) is 0. The molecule has 2 aliphatic heterocycles. The van der Waals surface area contributed by atoms with E-state index in [9.17, 15) is 5.11 Å². The highest BCUT2D eigenvalue weighted by atomic mass is 16.3. The van der Waals surface area contributed by atoms with Gasteiger partial charge in [-0.2, -0.15) is 0 Å². The van der Waals surface area contributed by atoms with Gasteiger partial charge in [-0.15, -0.1) is 0 Å². The predicted molar refractivity (Wildman–Crippen MR) is 72.8 cm³/mol. The Labute approximate surface area is 109 Å². The summed E-state index contributed by atoms with van der Waals surface area (Å²) in [5, 5.41) is 12.8. The highest BCUT2D eigenvalue weighted by Crippen LogP contribution is 2.35. The van der Waals surface area contributed by atoms with Gasteiger partial charge in [0.25, 0.3) is 0 Å². The first-order valence-corrected chi connectivity index (χ1v) is 6.97. The maximum atomic E-state index is 9.26. The monoisotopic (exact) mass is 246 g/mol. The van der Waals surface area contributed by atoms with E-state index in [1.165, 1.54) is 44.6 Å². The average molecular weight is 246 g/mol. The number of phenolic OH excluding ortho intramolecular Hbond substituents is 1. The van der Waals surface area contributed by atoms with Gasteiger partial charge in [-0.3, -0.25) is 0 Å². The molecule has 1 unspecified atom stereocenters. The normalized spacial score (nSPS) is 28.2. The topological polar surface area (TPSA) is 35.5 Å². The second kappa shape index (κ2) is 4.90.